The standard InChI is InChI=1S/C21H28N4O3S/c1-4-28-16-10-8-15(9-11-16)22-19(26)14-29-20-17-6-5-7-18(17)25(21(27)23-20)13-12-24(2)3/h8-11H,4-7,12-14H2,1-3H3,(H,22,26)/p+1. The van der Waals surface area contributed by atoms with Crippen LogP contribution in [0, 0.1) is 0 Å². The lowest BCUT2D eigenvalue weighted by molar-refractivity contribution is -0.859. The van der Waals surface area contributed by atoms with Gasteiger partial charge in [-0.25, -0.2) is 4.79 Å². The zero-order valence-electron chi connectivity index (χ0n) is 17.3. The van der Waals surface area contributed by atoms with Gasteiger partial charge < -0.3 is 15.0 Å². The van der Waals surface area contributed by atoms with E-state index in [9.17, 15) is 9.59 Å². The minimum absolute atomic E-state index is 0.118. The maximum absolute atomic E-state index is 12.5. The van der Waals surface area contributed by atoms with Gasteiger partial charge in [-0.2, -0.15) is 4.98 Å². The maximum Gasteiger partial charge on any atom is 0.349 e. The van der Waals surface area contributed by atoms with Crippen molar-refractivity contribution in [1.82, 2.24) is 9.55 Å². The van der Waals surface area contributed by atoms with Crippen LogP contribution in [0.2, 0.25) is 0 Å². The summed E-state index contributed by atoms with van der Waals surface area (Å²) >= 11 is 1.35. The SMILES string of the molecule is CCOc1ccc(NC(=O)CSc2nc(=O)n(CC[NH+](C)C)c3c2CCC3)cc1. The number of hydrogen-bond acceptors (Lipinski definition) is 5. The molecule has 0 saturated carbocycles. The maximum atomic E-state index is 12.5. The minimum atomic E-state index is -0.207. The zero-order chi connectivity index (χ0) is 20.8. The Balaban J connectivity index is 1.64. The molecule has 0 bridgehead atoms. The van der Waals surface area contributed by atoms with Gasteiger partial charge in [0.15, 0.2) is 0 Å². The van der Waals surface area contributed by atoms with E-state index in [0.29, 0.717) is 18.2 Å². The van der Waals surface area contributed by atoms with Crippen LogP contribution in [0.4, 0.5) is 5.69 Å². The second-order valence-corrected chi connectivity index (χ2v) is 8.35. The van der Waals surface area contributed by atoms with Crippen molar-refractivity contribution in [3.05, 3.63) is 46.0 Å². The normalized spacial score (nSPS) is 12.8. The highest BCUT2D eigenvalue weighted by molar-refractivity contribution is 8.00. The molecule has 1 aliphatic carbocycles. The Morgan fingerprint density at radius 3 is 2.72 bits per heavy atom. The fourth-order valence-electron chi connectivity index (χ4n) is 3.40. The molecule has 0 radical (unpaired) electrons. The molecule has 1 aliphatic rings. The Bertz CT molecular complexity index is 909. The lowest BCUT2D eigenvalue weighted by atomic mass is 10.2. The molecule has 1 aromatic heterocycles. The van der Waals surface area contributed by atoms with Crippen LogP contribution in [0.15, 0.2) is 34.1 Å². The minimum Gasteiger partial charge on any atom is -0.494 e. The van der Waals surface area contributed by atoms with E-state index >= 15 is 0 Å². The van der Waals surface area contributed by atoms with Gasteiger partial charge in [0.05, 0.1) is 39.5 Å². The highest BCUT2D eigenvalue weighted by Gasteiger charge is 2.22. The molecule has 1 aromatic carbocycles. The number of amides is 1. The number of nitrogens with one attached hydrogen (secondary N) is 2. The van der Waals surface area contributed by atoms with Crippen LogP contribution in [-0.2, 0) is 24.2 Å². The molecule has 1 heterocycles. The third-order valence-electron chi connectivity index (χ3n) is 4.83. The number of nitrogens with zero attached hydrogens (tertiary/aromatic N) is 2. The summed E-state index contributed by atoms with van der Waals surface area (Å²) in [5, 5.41) is 3.59. The van der Waals surface area contributed by atoms with Gasteiger partial charge >= 0.3 is 5.69 Å². The first kappa shape index (κ1) is 21.4. The molecule has 2 N–H and O–H groups in total. The molecule has 3 rings (SSSR count). The average molecular weight is 418 g/mol. The molecular weight excluding hydrogens is 388 g/mol. The number of hydrogen-bond donors (Lipinski definition) is 2. The van der Waals surface area contributed by atoms with Gasteiger partial charge in [0.1, 0.15) is 10.8 Å². The number of carbonyl (C=O) groups is 1. The Morgan fingerprint density at radius 2 is 2.03 bits per heavy atom. The van der Waals surface area contributed by atoms with Crippen molar-refractivity contribution in [2.75, 3.05) is 38.3 Å². The summed E-state index contributed by atoms with van der Waals surface area (Å²) in [6.07, 6.45) is 2.85. The van der Waals surface area contributed by atoms with Crippen LogP contribution in [0.1, 0.15) is 24.6 Å². The molecule has 0 atom stereocenters. The van der Waals surface area contributed by atoms with Gasteiger partial charge in [-0.15, -0.1) is 0 Å². The van der Waals surface area contributed by atoms with Crippen molar-refractivity contribution in [2.45, 2.75) is 37.8 Å². The third-order valence-corrected chi connectivity index (χ3v) is 5.84. The molecular formula is C21H29N4O3S+. The second kappa shape index (κ2) is 9.93. The first-order valence-corrected chi connectivity index (χ1v) is 11.0. The van der Waals surface area contributed by atoms with Crippen molar-refractivity contribution in [1.29, 1.82) is 0 Å². The smallest absolute Gasteiger partial charge is 0.349 e. The van der Waals surface area contributed by atoms with Crippen molar-refractivity contribution < 1.29 is 14.4 Å². The van der Waals surface area contributed by atoms with Crippen LogP contribution >= 0.6 is 11.8 Å². The van der Waals surface area contributed by atoms with Gasteiger partial charge in [0.25, 0.3) is 0 Å². The number of anilines is 1. The van der Waals surface area contributed by atoms with E-state index in [0.717, 1.165) is 48.5 Å². The van der Waals surface area contributed by atoms with E-state index in [1.807, 2.05) is 35.8 Å². The molecule has 0 unspecified atom stereocenters. The van der Waals surface area contributed by atoms with Gasteiger partial charge in [0, 0.05) is 16.9 Å². The van der Waals surface area contributed by atoms with Crippen LogP contribution in [0.5, 0.6) is 5.75 Å². The van der Waals surface area contributed by atoms with E-state index in [4.69, 9.17) is 4.74 Å². The fraction of sp³-hybridized carbons (Fsp3) is 0.476. The number of likely N-dealkylation sites (N-methyl/N-ethyl adjacent to an activating group) is 1. The van der Waals surface area contributed by atoms with Crippen LogP contribution < -0.4 is 20.6 Å². The van der Waals surface area contributed by atoms with Gasteiger partial charge in [-0.1, -0.05) is 11.8 Å². The number of rotatable bonds is 9. The topological polar surface area (TPSA) is 77.7 Å². The second-order valence-electron chi connectivity index (χ2n) is 7.38. The molecule has 0 saturated heterocycles. The summed E-state index contributed by atoms with van der Waals surface area (Å²) < 4.78 is 7.23. The Hall–Kier alpha value is -2.32. The number of thioether (sulfide) groups is 1. The summed E-state index contributed by atoms with van der Waals surface area (Å²) in [7, 11) is 4.15. The first-order chi connectivity index (χ1) is 14.0. The van der Waals surface area contributed by atoms with E-state index in [-0.39, 0.29) is 17.3 Å². The monoisotopic (exact) mass is 417 g/mol. The van der Waals surface area contributed by atoms with Crippen molar-refractivity contribution in [3.8, 4) is 5.75 Å². The van der Waals surface area contributed by atoms with Crippen molar-refractivity contribution in [3.63, 3.8) is 0 Å². The number of fused-ring (bicyclic) bond motifs is 1. The zero-order valence-corrected chi connectivity index (χ0v) is 18.1. The lowest BCUT2D eigenvalue weighted by Crippen LogP contribution is -3.06. The highest BCUT2D eigenvalue weighted by atomic mass is 32.2. The molecule has 0 aliphatic heterocycles. The Labute approximate surface area is 175 Å². The summed E-state index contributed by atoms with van der Waals surface area (Å²) in [6, 6.07) is 7.29. The number of aromatic nitrogens is 2. The first-order valence-electron chi connectivity index (χ1n) is 10.0. The number of benzene rings is 1. The molecule has 0 spiro atoms. The quantitative estimate of drug-likeness (QED) is 0.470. The van der Waals surface area contributed by atoms with Gasteiger partial charge in [-0.05, 0) is 50.5 Å². The van der Waals surface area contributed by atoms with Crippen LogP contribution in [0.25, 0.3) is 0 Å². The van der Waals surface area contributed by atoms with E-state index in [1.165, 1.54) is 16.7 Å². The predicted molar refractivity (Wildman–Crippen MR) is 115 cm³/mol. The van der Waals surface area contributed by atoms with Crippen molar-refractivity contribution >= 4 is 23.4 Å². The summed E-state index contributed by atoms with van der Waals surface area (Å²) in [6.45, 7) is 4.10. The summed E-state index contributed by atoms with van der Waals surface area (Å²) in [4.78, 5) is 30.5. The van der Waals surface area contributed by atoms with E-state index < -0.39 is 0 Å². The summed E-state index contributed by atoms with van der Waals surface area (Å²) in [5.74, 6) is 0.877. The molecule has 0 fully saturated rings. The molecule has 29 heavy (non-hydrogen) atoms. The molecule has 2 aromatic rings. The van der Waals surface area contributed by atoms with Crippen LogP contribution in [0.3, 0.4) is 0 Å². The largest absolute Gasteiger partial charge is 0.494 e. The van der Waals surface area contributed by atoms with E-state index in [1.54, 1.807) is 0 Å². The molecule has 1 amide bonds. The number of ether oxygens (including phenoxy) is 1. The highest BCUT2D eigenvalue weighted by Crippen LogP contribution is 2.29. The Kier molecular flexibility index (Phi) is 7.33. The van der Waals surface area contributed by atoms with Crippen LogP contribution in [-0.4, -0.2) is 48.5 Å². The van der Waals surface area contributed by atoms with Gasteiger partial charge in [-0.3, -0.25) is 9.36 Å². The number of carbonyl (C=O) groups excluding carboxylic acids is 1. The third kappa shape index (κ3) is 5.61. The molecule has 7 nitrogen and oxygen atoms in total. The van der Waals surface area contributed by atoms with E-state index in [2.05, 4.69) is 24.4 Å². The van der Waals surface area contributed by atoms with Crippen molar-refractivity contribution in [2.24, 2.45) is 0 Å². The van der Waals surface area contributed by atoms with Gasteiger partial charge in [0.2, 0.25) is 5.91 Å². The average Bonchev–Trinajstić information content (AvgIpc) is 3.17. The predicted octanol–water partition coefficient (Wildman–Crippen LogP) is 1.01. The number of quaternary nitrogens is 1. The fourth-order valence-corrected chi connectivity index (χ4v) is 4.28. The molecule has 156 valence electrons. The molecule has 8 heteroatoms. The Morgan fingerprint density at radius 1 is 1.28 bits per heavy atom. The lowest BCUT2D eigenvalue weighted by Gasteiger charge is -2.15. The summed E-state index contributed by atoms with van der Waals surface area (Å²) in [5.41, 5.74) is 2.75.